The normalized spacial score (nSPS) is 14.9. The average molecular weight is 327 g/mol. The van der Waals surface area contributed by atoms with E-state index in [0.717, 1.165) is 25.8 Å². The molecule has 0 atom stereocenters. The van der Waals surface area contributed by atoms with Crippen LogP contribution in [0.5, 0.6) is 0 Å². The molecule has 0 bridgehead atoms. The maximum Gasteiger partial charge on any atom is 0.435 e. The number of aromatic nitrogens is 4. The van der Waals surface area contributed by atoms with E-state index in [4.69, 9.17) is 0 Å². The molecule has 0 fully saturated rings. The first-order valence-electron chi connectivity index (χ1n) is 7.89. The Morgan fingerprint density at radius 3 is 2.87 bits per heavy atom. The van der Waals surface area contributed by atoms with E-state index in [1.165, 1.54) is 0 Å². The highest BCUT2D eigenvalue weighted by molar-refractivity contribution is 5.21. The first-order chi connectivity index (χ1) is 11.1. The molecule has 0 radical (unpaired) electrons. The lowest BCUT2D eigenvalue weighted by atomic mass is 10.1. The topological polar surface area (TPSA) is 47.7 Å². The van der Waals surface area contributed by atoms with E-state index in [2.05, 4.69) is 15.4 Å². The zero-order chi connectivity index (χ0) is 16.3. The SMILES string of the molecule is FC(F)(F)c1nc2n(c1CNCCCn1cccn1)CCCC2. The third-order valence-electron chi connectivity index (χ3n) is 4.04. The predicted molar refractivity (Wildman–Crippen MR) is 78.7 cm³/mol. The van der Waals surface area contributed by atoms with Crippen LogP contribution < -0.4 is 5.32 Å². The number of rotatable bonds is 6. The lowest BCUT2D eigenvalue weighted by Gasteiger charge is -2.17. The molecule has 0 saturated carbocycles. The number of halogens is 3. The highest BCUT2D eigenvalue weighted by atomic mass is 19.4. The summed E-state index contributed by atoms with van der Waals surface area (Å²) >= 11 is 0. The van der Waals surface area contributed by atoms with Crippen molar-refractivity contribution in [3.8, 4) is 0 Å². The number of alkyl halides is 3. The van der Waals surface area contributed by atoms with Crippen LogP contribution in [0.4, 0.5) is 13.2 Å². The molecule has 0 unspecified atom stereocenters. The molecule has 0 saturated heterocycles. The van der Waals surface area contributed by atoms with Gasteiger partial charge in [-0.15, -0.1) is 0 Å². The van der Waals surface area contributed by atoms with Crippen molar-refractivity contribution in [3.63, 3.8) is 0 Å². The minimum atomic E-state index is -4.39. The Labute approximate surface area is 132 Å². The summed E-state index contributed by atoms with van der Waals surface area (Å²) in [6, 6.07) is 1.85. The van der Waals surface area contributed by atoms with Gasteiger partial charge >= 0.3 is 6.18 Å². The summed E-state index contributed by atoms with van der Waals surface area (Å²) in [5, 5.41) is 7.20. The quantitative estimate of drug-likeness (QED) is 0.830. The molecule has 2 aromatic heterocycles. The molecular formula is C15H20F3N5. The van der Waals surface area contributed by atoms with E-state index in [1.54, 1.807) is 10.8 Å². The first-order valence-corrected chi connectivity index (χ1v) is 7.89. The fourth-order valence-electron chi connectivity index (χ4n) is 2.96. The zero-order valence-corrected chi connectivity index (χ0v) is 12.8. The van der Waals surface area contributed by atoms with E-state index < -0.39 is 11.9 Å². The molecule has 3 heterocycles. The van der Waals surface area contributed by atoms with Crippen molar-refractivity contribution in [1.82, 2.24) is 24.6 Å². The van der Waals surface area contributed by atoms with Crippen LogP contribution in [0.3, 0.4) is 0 Å². The Morgan fingerprint density at radius 1 is 1.26 bits per heavy atom. The smallest absolute Gasteiger partial charge is 0.330 e. The summed E-state index contributed by atoms with van der Waals surface area (Å²) in [6.07, 6.45) is 2.44. The van der Waals surface area contributed by atoms with Crippen molar-refractivity contribution in [2.45, 2.75) is 51.5 Å². The standard InChI is InChI=1S/C15H20F3N5/c16-15(17,18)14-12(23-10-2-1-5-13(23)21-14)11-19-6-3-8-22-9-4-7-20-22/h4,7,9,19H,1-3,5-6,8,10-11H2. The molecule has 3 rings (SSSR count). The Bertz CT molecular complexity index is 630. The Balaban J connectivity index is 1.61. The van der Waals surface area contributed by atoms with Crippen molar-refractivity contribution < 1.29 is 13.2 Å². The number of hydrogen-bond donors (Lipinski definition) is 1. The van der Waals surface area contributed by atoms with E-state index >= 15 is 0 Å². The fourth-order valence-corrected chi connectivity index (χ4v) is 2.96. The molecule has 1 aliphatic heterocycles. The molecule has 5 nitrogen and oxygen atoms in total. The van der Waals surface area contributed by atoms with E-state index in [-0.39, 0.29) is 12.2 Å². The molecule has 126 valence electrons. The van der Waals surface area contributed by atoms with Crippen LogP contribution in [-0.2, 0) is 32.2 Å². The third-order valence-corrected chi connectivity index (χ3v) is 4.04. The van der Waals surface area contributed by atoms with Crippen LogP contribution in [-0.4, -0.2) is 25.9 Å². The molecule has 0 spiro atoms. The minimum Gasteiger partial charge on any atom is -0.330 e. The minimum absolute atomic E-state index is 0.195. The second kappa shape index (κ2) is 6.74. The second-order valence-corrected chi connectivity index (χ2v) is 5.73. The number of fused-ring (bicyclic) bond motifs is 1. The van der Waals surface area contributed by atoms with Crippen LogP contribution in [0.1, 0.15) is 36.5 Å². The molecule has 1 N–H and O–H groups in total. The number of nitrogens with one attached hydrogen (secondary N) is 1. The summed E-state index contributed by atoms with van der Waals surface area (Å²) in [7, 11) is 0. The van der Waals surface area contributed by atoms with Crippen LogP contribution in [0.15, 0.2) is 18.5 Å². The van der Waals surface area contributed by atoms with Crippen LogP contribution in [0.25, 0.3) is 0 Å². The first kappa shape index (κ1) is 16.0. The van der Waals surface area contributed by atoms with Gasteiger partial charge in [-0.3, -0.25) is 4.68 Å². The Kier molecular flexibility index (Phi) is 4.70. The molecule has 1 aliphatic rings. The lowest BCUT2D eigenvalue weighted by molar-refractivity contribution is -0.141. The Hall–Kier alpha value is -1.83. The Morgan fingerprint density at radius 2 is 2.13 bits per heavy atom. The van der Waals surface area contributed by atoms with Gasteiger partial charge in [-0.1, -0.05) is 0 Å². The van der Waals surface area contributed by atoms with Crippen molar-refractivity contribution in [2.75, 3.05) is 6.54 Å². The van der Waals surface area contributed by atoms with E-state index in [0.29, 0.717) is 25.3 Å². The molecule has 0 amide bonds. The average Bonchev–Trinajstić information content (AvgIpc) is 3.14. The molecule has 8 heteroatoms. The van der Waals surface area contributed by atoms with Crippen molar-refractivity contribution in [1.29, 1.82) is 0 Å². The van der Waals surface area contributed by atoms with Crippen LogP contribution in [0.2, 0.25) is 0 Å². The maximum absolute atomic E-state index is 13.2. The molecule has 2 aromatic rings. The van der Waals surface area contributed by atoms with Gasteiger partial charge in [0.25, 0.3) is 0 Å². The summed E-state index contributed by atoms with van der Waals surface area (Å²) < 4.78 is 43.1. The van der Waals surface area contributed by atoms with Gasteiger partial charge in [0.2, 0.25) is 0 Å². The molecule has 0 aromatic carbocycles. The fraction of sp³-hybridized carbons (Fsp3) is 0.600. The van der Waals surface area contributed by atoms with Gasteiger partial charge in [0.1, 0.15) is 5.82 Å². The van der Waals surface area contributed by atoms with Gasteiger partial charge in [-0.25, -0.2) is 4.98 Å². The van der Waals surface area contributed by atoms with Gasteiger partial charge in [0, 0.05) is 38.4 Å². The highest BCUT2D eigenvalue weighted by Crippen LogP contribution is 2.33. The van der Waals surface area contributed by atoms with Crippen LogP contribution in [0, 0.1) is 0 Å². The number of imidazole rings is 1. The van der Waals surface area contributed by atoms with E-state index in [9.17, 15) is 13.2 Å². The molecular weight excluding hydrogens is 307 g/mol. The second-order valence-electron chi connectivity index (χ2n) is 5.73. The third kappa shape index (κ3) is 3.74. The van der Waals surface area contributed by atoms with Gasteiger partial charge in [0.05, 0.1) is 5.69 Å². The van der Waals surface area contributed by atoms with Crippen molar-refractivity contribution >= 4 is 0 Å². The number of hydrogen-bond acceptors (Lipinski definition) is 3. The van der Waals surface area contributed by atoms with Gasteiger partial charge < -0.3 is 9.88 Å². The number of nitrogens with zero attached hydrogens (tertiary/aromatic N) is 4. The maximum atomic E-state index is 13.2. The van der Waals surface area contributed by atoms with Gasteiger partial charge in [-0.2, -0.15) is 18.3 Å². The molecule has 0 aliphatic carbocycles. The largest absolute Gasteiger partial charge is 0.435 e. The summed E-state index contributed by atoms with van der Waals surface area (Å²) in [5.74, 6) is 0.567. The van der Waals surface area contributed by atoms with Crippen LogP contribution >= 0.6 is 0 Å². The lowest BCUT2D eigenvalue weighted by Crippen LogP contribution is -2.23. The number of aryl methyl sites for hydroxylation is 2. The molecule has 23 heavy (non-hydrogen) atoms. The van der Waals surface area contributed by atoms with E-state index in [1.807, 2.05) is 16.9 Å². The van der Waals surface area contributed by atoms with Crippen molar-refractivity contribution in [3.05, 3.63) is 35.7 Å². The summed E-state index contributed by atoms with van der Waals surface area (Å²) in [4.78, 5) is 3.85. The van der Waals surface area contributed by atoms with Crippen molar-refractivity contribution in [2.24, 2.45) is 0 Å². The van der Waals surface area contributed by atoms with Gasteiger partial charge in [0.15, 0.2) is 5.69 Å². The highest BCUT2D eigenvalue weighted by Gasteiger charge is 2.38. The zero-order valence-electron chi connectivity index (χ0n) is 12.8. The van der Waals surface area contributed by atoms with Gasteiger partial charge in [-0.05, 0) is 31.9 Å². The summed E-state index contributed by atoms with van der Waals surface area (Å²) in [5.41, 5.74) is -0.458. The predicted octanol–water partition coefficient (Wildman–Crippen LogP) is 2.61. The summed E-state index contributed by atoms with van der Waals surface area (Å²) in [6.45, 7) is 2.21. The monoisotopic (exact) mass is 327 g/mol.